The van der Waals surface area contributed by atoms with Crippen molar-refractivity contribution in [2.24, 2.45) is 7.05 Å². The number of hydrogen-bond acceptors (Lipinski definition) is 4. The summed E-state index contributed by atoms with van der Waals surface area (Å²) in [6.07, 6.45) is 2.17. The van der Waals surface area contributed by atoms with Crippen LogP contribution in [0, 0.1) is 17.5 Å². The molecule has 1 fully saturated rings. The molecule has 1 saturated carbocycles. The van der Waals surface area contributed by atoms with Gasteiger partial charge in [-0.2, -0.15) is 0 Å². The number of halogens is 3. The summed E-state index contributed by atoms with van der Waals surface area (Å²) in [5.41, 5.74) is -0.400. The number of aromatic nitrogens is 3. The number of rotatable bonds is 5. The Bertz CT molecular complexity index is 791. The first-order valence-corrected chi connectivity index (χ1v) is 8.26. The average molecular weight is 356 g/mol. The van der Waals surface area contributed by atoms with Crippen LogP contribution in [-0.2, 0) is 11.8 Å². The Morgan fingerprint density at radius 3 is 2.67 bits per heavy atom. The fourth-order valence-electron chi connectivity index (χ4n) is 2.19. The normalized spacial score (nSPS) is 15.4. The van der Waals surface area contributed by atoms with Crippen LogP contribution in [0.4, 0.5) is 18.9 Å². The maximum absolute atomic E-state index is 13.6. The van der Waals surface area contributed by atoms with Crippen LogP contribution in [0.2, 0.25) is 0 Å². The monoisotopic (exact) mass is 356 g/mol. The Morgan fingerprint density at radius 1 is 1.29 bits per heavy atom. The minimum absolute atomic E-state index is 0.400. The highest BCUT2D eigenvalue weighted by Gasteiger charge is 2.30. The minimum Gasteiger partial charge on any atom is -0.323 e. The second kappa shape index (κ2) is 6.46. The molecule has 3 rings (SSSR count). The van der Waals surface area contributed by atoms with Crippen molar-refractivity contribution in [2.75, 3.05) is 5.32 Å². The average Bonchev–Trinajstić information content (AvgIpc) is 3.33. The van der Waals surface area contributed by atoms with E-state index in [9.17, 15) is 18.0 Å². The number of amides is 1. The second-order valence-corrected chi connectivity index (χ2v) is 6.95. The first-order chi connectivity index (χ1) is 11.4. The summed E-state index contributed by atoms with van der Waals surface area (Å²) in [6.45, 7) is 1.61. The molecular weight excluding hydrogens is 341 g/mol. The molecule has 9 heteroatoms. The van der Waals surface area contributed by atoms with Crippen molar-refractivity contribution in [3.8, 4) is 0 Å². The van der Waals surface area contributed by atoms with Gasteiger partial charge in [0, 0.05) is 13.0 Å². The topological polar surface area (TPSA) is 59.8 Å². The van der Waals surface area contributed by atoms with E-state index in [1.807, 2.05) is 11.6 Å². The predicted molar refractivity (Wildman–Crippen MR) is 83.2 cm³/mol. The summed E-state index contributed by atoms with van der Waals surface area (Å²) in [5.74, 6) is -3.57. The summed E-state index contributed by atoms with van der Waals surface area (Å²) in [5, 5.41) is 10.4. The van der Waals surface area contributed by atoms with Gasteiger partial charge < -0.3 is 9.88 Å². The molecular formula is C15H15F3N4OS. The van der Waals surface area contributed by atoms with Gasteiger partial charge in [-0.1, -0.05) is 11.8 Å². The Kier molecular flexibility index (Phi) is 4.53. The molecule has 0 bridgehead atoms. The molecule has 0 spiro atoms. The van der Waals surface area contributed by atoms with Gasteiger partial charge >= 0.3 is 0 Å². The maximum Gasteiger partial charge on any atom is 0.237 e. The highest BCUT2D eigenvalue weighted by Crippen LogP contribution is 2.39. The third-order valence-corrected chi connectivity index (χ3v) is 4.89. The third-order valence-electron chi connectivity index (χ3n) is 3.76. The van der Waals surface area contributed by atoms with Gasteiger partial charge in [-0.25, -0.2) is 13.2 Å². The van der Waals surface area contributed by atoms with E-state index in [0.29, 0.717) is 11.1 Å². The number of carbonyl (C=O) groups is 1. The summed E-state index contributed by atoms with van der Waals surface area (Å²) in [4.78, 5) is 12.2. The molecule has 5 nitrogen and oxygen atoms in total. The van der Waals surface area contributed by atoms with Crippen LogP contribution in [0.5, 0.6) is 0 Å². The van der Waals surface area contributed by atoms with Gasteiger partial charge in [0.05, 0.1) is 10.9 Å². The van der Waals surface area contributed by atoms with Gasteiger partial charge in [0.1, 0.15) is 5.82 Å². The SMILES string of the molecule is C[C@H](Sc1nnc(C2CC2)n1C)C(=O)Nc1ccc(F)c(F)c1F. The lowest BCUT2D eigenvalue weighted by Gasteiger charge is -2.12. The van der Waals surface area contributed by atoms with Gasteiger partial charge in [-0.3, -0.25) is 4.79 Å². The minimum atomic E-state index is -1.62. The molecule has 1 amide bonds. The number of carbonyl (C=O) groups excluding carboxylic acids is 1. The fourth-order valence-corrected chi connectivity index (χ4v) is 3.02. The molecule has 128 valence electrons. The van der Waals surface area contributed by atoms with Gasteiger partial charge in [0.2, 0.25) is 5.91 Å². The van der Waals surface area contributed by atoms with Crippen LogP contribution in [0.1, 0.15) is 31.5 Å². The lowest BCUT2D eigenvalue weighted by molar-refractivity contribution is -0.115. The number of anilines is 1. The lowest BCUT2D eigenvalue weighted by Crippen LogP contribution is -2.23. The van der Waals surface area contributed by atoms with E-state index < -0.39 is 34.3 Å². The second-order valence-electron chi connectivity index (χ2n) is 5.65. The molecule has 1 N–H and O–H groups in total. The zero-order chi connectivity index (χ0) is 17.4. The van der Waals surface area contributed by atoms with E-state index in [2.05, 4.69) is 15.5 Å². The molecule has 1 aliphatic rings. The lowest BCUT2D eigenvalue weighted by atomic mass is 10.2. The highest BCUT2D eigenvalue weighted by molar-refractivity contribution is 8.00. The van der Waals surface area contributed by atoms with Crippen molar-refractivity contribution in [3.63, 3.8) is 0 Å². The van der Waals surface area contributed by atoms with Crippen LogP contribution < -0.4 is 5.32 Å². The van der Waals surface area contributed by atoms with Crippen LogP contribution in [0.15, 0.2) is 17.3 Å². The zero-order valence-electron chi connectivity index (χ0n) is 13.0. The Hall–Kier alpha value is -2.03. The molecule has 2 aromatic rings. The van der Waals surface area contributed by atoms with Crippen LogP contribution >= 0.6 is 11.8 Å². The molecule has 0 radical (unpaired) electrons. The van der Waals surface area contributed by atoms with Crippen molar-refractivity contribution in [3.05, 3.63) is 35.4 Å². The quantitative estimate of drug-likeness (QED) is 0.660. The Labute approximate surface area is 140 Å². The van der Waals surface area contributed by atoms with Crippen molar-refractivity contribution in [2.45, 2.75) is 36.1 Å². The van der Waals surface area contributed by atoms with Crippen molar-refractivity contribution in [1.29, 1.82) is 0 Å². The molecule has 0 saturated heterocycles. The van der Waals surface area contributed by atoms with Crippen LogP contribution in [-0.4, -0.2) is 25.9 Å². The van der Waals surface area contributed by atoms with E-state index in [4.69, 9.17) is 0 Å². The molecule has 0 aliphatic heterocycles. The maximum atomic E-state index is 13.6. The van der Waals surface area contributed by atoms with Gasteiger partial charge in [-0.15, -0.1) is 10.2 Å². The van der Waals surface area contributed by atoms with Crippen LogP contribution in [0.3, 0.4) is 0 Å². The van der Waals surface area contributed by atoms with Gasteiger partial charge in [0.25, 0.3) is 0 Å². The molecule has 1 atom stereocenters. The molecule has 1 aromatic carbocycles. The summed E-state index contributed by atoms with van der Waals surface area (Å²) < 4.78 is 41.6. The number of thioether (sulfide) groups is 1. The standard InChI is InChI=1S/C15H15F3N4OS/c1-7(24-15-21-20-13(22(15)2)8-3-4-8)14(23)19-10-6-5-9(16)11(17)12(10)18/h5-8H,3-4H2,1-2H3,(H,19,23)/t7-/m0/s1. The molecule has 1 aliphatic carbocycles. The number of nitrogens with zero attached hydrogens (tertiary/aromatic N) is 3. The Morgan fingerprint density at radius 2 is 2.00 bits per heavy atom. The Balaban J connectivity index is 1.68. The number of benzene rings is 1. The smallest absolute Gasteiger partial charge is 0.237 e. The third kappa shape index (κ3) is 3.26. The zero-order valence-corrected chi connectivity index (χ0v) is 13.8. The first kappa shape index (κ1) is 16.8. The fraction of sp³-hybridized carbons (Fsp3) is 0.400. The molecule has 0 unspecified atom stereocenters. The van der Waals surface area contributed by atoms with Gasteiger partial charge in [0.15, 0.2) is 22.6 Å². The first-order valence-electron chi connectivity index (χ1n) is 7.38. The van der Waals surface area contributed by atoms with E-state index >= 15 is 0 Å². The van der Waals surface area contributed by atoms with Crippen molar-refractivity contribution in [1.82, 2.24) is 14.8 Å². The van der Waals surface area contributed by atoms with E-state index in [-0.39, 0.29) is 0 Å². The summed E-state index contributed by atoms with van der Waals surface area (Å²) in [7, 11) is 1.83. The predicted octanol–water partition coefficient (Wildman–Crippen LogP) is 3.23. The summed E-state index contributed by atoms with van der Waals surface area (Å²) in [6, 6.07) is 1.74. The number of hydrogen-bond donors (Lipinski definition) is 1. The van der Waals surface area contributed by atoms with Gasteiger partial charge in [-0.05, 0) is 31.9 Å². The van der Waals surface area contributed by atoms with E-state index in [1.165, 1.54) is 0 Å². The van der Waals surface area contributed by atoms with E-state index in [0.717, 1.165) is 42.6 Å². The molecule has 1 heterocycles. The number of nitrogens with one attached hydrogen (secondary N) is 1. The van der Waals surface area contributed by atoms with E-state index in [1.54, 1.807) is 6.92 Å². The molecule has 1 aromatic heterocycles. The highest BCUT2D eigenvalue weighted by atomic mass is 32.2. The largest absolute Gasteiger partial charge is 0.323 e. The van der Waals surface area contributed by atoms with Crippen LogP contribution in [0.25, 0.3) is 0 Å². The van der Waals surface area contributed by atoms with Crippen molar-refractivity contribution >= 4 is 23.4 Å². The molecule has 24 heavy (non-hydrogen) atoms. The summed E-state index contributed by atoms with van der Waals surface area (Å²) >= 11 is 1.16. The van der Waals surface area contributed by atoms with Crippen molar-refractivity contribution < 1.29 is 18.0 Å².